The van der Waals surface area contributed by atoms with E-state index in [1.54, 1.807) is 6.20 Å². The van der Waals surface area contributed by atoms with Gasteiger partial charge in [-0.1, -0.05) is 17.3 Å². The fraction of sp³-hybridized carbons (Fsp3) is 0.300. The fourth-order valence-electron chi connectivity index (χ4n) is 2.56. The third-order valence-electron chi connectivity index (χ3n) is 4.34. The quantitative estimate of drug-likeness (QED) is 0.650. The van der Waals surface area contributed by atoms with E-state index in [9.17, 15) is 0 Å². The van der Waals surface area contributed by atoms with Crippen LogP contribution >= 0.6 is 0 Å². The number of nitriles is 1. The van der Waals surface area contributed by atoms with Crippen LogP contribution in [0.1, 0.15) is 29.9 Å². The molecule has 0 unspecified atom stereocenters. The van der Waals surface area contributed by atoms with Crippen LogP contribution in [-0.2, 0) is 12.8 Å². The Morgan fingerprint density at radius 3 is 2.65 bits per heavy atom. The third kappa shape index (κ3) is 4.06. The summed E-state index contributed by atoms with van der Waals surface area (Å²) in [6.45, 7) is 0.744. The molecule has 0 amide bonds. The largest absolute Gasteiger partial charge is 0.477 e. The minimum Gasteiger partial charge on any atom is -0.477 e. The second-order valence-electron chi connectivity index (χ2n) is 6.46. The van der Waals surface area contributed by atoms with E-state index in [0.717, 1.165) is 24.2 Å². The number of rotatable bonds is 7. The molecule has 1 fully saturated rings. The number of aromatic nitrogens is 3. The van der Waals surface area contributed by atoms with Crippen LogP contribution in [0, 0.1) is 17.2 Å². The molecule has 0 aliphatic heterocycles. The molecule has 4 rings (SSSR count). The van der Waals surface area contributed by atoms with E-state index in [1.165, 1.54) is 12.8 Å². The standard InChI is InChI=1S/C20H18N4O2/c21-11-15-3-1-14(2-4-15)7-9-19-23-20(24-26-19)17-8-10-18(22-12-17)25-13-16-5-6-16/h1-4,8,10,12,16H,5-7,9,13H2. The fourth-order valence-corrected chi connectivity index (χ4v) is 2.56. The molecule has 1 aliphatic rings. The van der Waals surface area contributed by atoms with E-state index < -0.39 is 0 Å². The van der Waals surface area contributed by atoms with Gasteiger partial charge in [0, 0.05) is 24.2 Å². The average molecular weight is 346 g/mol. The number of hydrogen-bond donors (Lipinski definition) is 0. The maximum Gasteiger partial charge on any atom is 0.227 e. The Hall–Kier alpha value is -3.20. The molecule has 0 atom stereocenters. The number of pyridine rings is 1. The smallest absolute Gasteiger partial charge is 0.227 e. The van der Waals surface area contributed by atoms with Crippen LogP contribution in [0.15, 0.2) is 47.1 Å². The van der Waals surface area contributed by atoms with Gasteiger partial charge in [0.15, 0.2) is 0 Å². The van der Waals surface area contributed by atoms with Crippen LogP contribution in [0.3, 0.4) is 0 Å². The van der Waals surface area contributed by atoms with Gasteiger partial charge in [0.05, 0.1) is 18.2 Å². The highest BCUT2D eigenvalue weighted by Crippen LogP contribution is 2.29. The molecule has 2 aromatic heterocycles. The van der Waals surface area contributed by atoms with Gasteiger partial charge >= 0.3 is 0 Å². The molecule has 1 aromatic carbocycles. The van der Waals surface area contributed by atoms with Crippen molar-refractivity contribution >= 4 is 0 Å². The lowest BCUT2D eigenvalue weighted by atomic mass is 10.1. The van der Waals surface area contributed by atoms with Crippen molar-refractivity contribution in [1.29, 1.82) is 5.26 Å². The molecule has 0 radical (unpaired) electrons. The van der Waals surface area contributed by atoms with Gasteiger partial charge in [-0.05, 0) is 48.9 Å². The number of hydrogen-bond acceptors (Lipinski definition) is 6. The molecular formula is C20H18N4O2. The van der Waals surface area contributed by atoms with Gasteiger partial charge < -0.3 is 9.26 Å². The lowest BCUT2D eigenvalue weighted by molar-refractivity contribution is 0.288. The van der Waals surface area contributed by atoms with Gasteiger partial charge in [0.1, 0.15) is 0 Å². The Morgan fingerprint density at radius 2 is 1.96 bits per heavy atom. The number of nitrogens with zero attached hydrogens (tertiary/aromatic N) is 4. The normalized spacial score (nSPS) is 13.3. The molecule has 0 saturated heterocycles. The minimum absolute atomic E-state index is 0.529. The summed E-state index contributed by atoms with van der Waals surface area (Å²) in [6.07, 6.45) is 5.64. The van der Waals surface area contributed by atoms with Gasteiger partial charge in [-0.3, -0.25) is 0 Å². The van der Waals surface area contributed by atoms with Crippen molar-refractivity contribution in [2.24, 2.45) is 5.92 Å². The van der Waals surface area contributed by atoms with Crippen LogP contribution in [0.2, 0.25) is 0 Å². The van der Waals surface area contributed by atoms with E-state index in [0.29, 0.717) is 35.5 Å². The molecule has 2 heterocycles. The van der Waals surface area contributed by atoms with Gasteiger partial charge in [-0.15, -0.1) is 0 Å². The molecule has 130 valence electrons. The highest BCUT2D eigenvalue weighted by Gasteiger charge is 2.22. The monoisotopic (exact) mass is 346 g/mol. The van der Waals surface area contributed by atoms with Crippen molar-refractivity contribution in [2.45, 2.75) is 25.7 Å². The van der Waals surface area contributed by atoms with Crippen molar-refractivity contribution in [3.05, 3.63) is 59.6 Å². The van der Waals surface area contributed by atoms with Crippen molar-refractivity contribution in [1.82, 2.24) is 15.1 Å². The van der Waals surface area contributed by atoms with Crippen LogP contribution in [0.25, 0.3) is 11.4 Å². The van der Waals surface area contributed by atoms with Gasteiger partial charge in [-0.2, -0.15) is 10.2 Å². The molecule has 6 heteroatoms. The summed E-state index contributed by atoms with van der Waals surface area (Å²) in [5.41, 5.74) is 2.59. The molecule has 0 spiro atoms. The van der Waals surface area contributed by atoms with Crippen molar-refractivity contribution in [3.8, 4) is 23.3 Å². The Morgan fingerprint density at radius 1 is 1.12 bits per heavy atom. The lowest BCUT2D eigenvalue weighted by Crippen LogP contribution is -2.00. The number of ether oxygens (including phenoxy) is 1. The van der Waals surface area contributed by atoms with Crippen LogP contribution in [0.5, 0.6) is 5.88 Å². The van der Waals surface area contributed by atoms with Gasteiger partial charge in [0.25, 0.3) is 0 Å². The Labute approximate surface area is 151 Å². The third-order valence-corrected chi connectivity index (χ3v) is 4.34. The van der Waals surface area contributed by atoms with E-state index in [2.05, 4.69) is 21.2 Å². The van der Waals surface area contributed by atoms with Crippen molar-refractivity contribution < 1.29 is 9.26 Å². The molecule has 1 saturated carbocycles. The van der Waals surface area contributed by atoms with Gasteiger partial charge in [0.2, 0.25) is 17.6 Å². The highest BCUT2D eigenvalue weighted by atomic mass is 16.5. The first-order valence-electron chi connectivity index (χ1n) is 8.71. The average Bonchev–Trinajstić information content (AvgIpc) is 3.41. The molecular weight excluding hydrogens is 328 g/mol. The van der Waals surface area contributed by atoms with Crippen LogP contribution < -0.4 is 4.74 Å². The Balaban J connectivity index is 1.35. The lowest BCUT2D eigenvalue weighted by Gasteiger charge is -2.03. The Kier molecular flexibility index (Phi) is 4.61. The summed E-state index contributed by atoms with van der Waals surface area (Å²) >= 11 is 0. The SMILES string of the molecule is N#Cc1ccc(CCc2nc(-c3ccc(OCC4CC4)nc3)no2)cc1. The molecule has 6 nitrogen and oxygen atoms in total. The summed E-state index contributed by atoms with van der Waals surface area (Å²) in [5.74, 6) is 2.44. The van der Waals surface area contributed by atoms with E-state index in [1.807, 2.05) is 36.4 Å². The number of benzene rings is 1. The second-order valence-corrected chi connectivity index (χ2v) is 6.46. The molecule has 26 heavy (non-hydrogen) atoms. The van der Waals surface area contributed by atoms with E-state index >= 15 is 0 Å². The number of aryl methyl sites for hydroxylation is 2. The first-order chi connectivity index (χ1) is 12.8. The zero-order valence-electron chi connectivity index (χ0n) is 14.3. The van der Waals surface area contributed by atoms with Crippen LogP contribution in [0.4, 0.5) is 0 Å². The summed E-state index contributed by atoms with van der Waals surface area (Å²) < 4.78 is 11.0. The van der Waals surface area contributed by atoms with Crippen molar-refractivity contribution in [2.75, 3.05) is 6.61 Å². The molecule has 0 N–H and O–H groups in total. The molecule has 3 aromatic rings. The maximum atomic E-state index is 8.83. The summed E-state index contributed by atoms with van der Waals surface area (Å²) in [6, 6.07) is 13.4. The minimum atomic E-state index is 0.529. The zero-order chi connectivity index (χ0) is 17.8. The zero-order valence-corrected chi connectivity index (χ0v) is 14.3. The van der Waals surface area contributed by atoms with Crippen LogP contribution in [-0.4, -0.2) is 21.7 Å². The predicted molar refractivity (Wildman–Crippen MR) is 94.3 cm³/mol. The molecule has 1 aliphatic carbocycles. The maximum absolute atomic E-state index is 8.83. The predicted octanol–water partition coefficient (Wildman–Crippen LogP) is 3.58. The summed E-state index contributed by atoms with van der Waals surface area (Å²) in [4.78, 5) is 8.74. The first kappa shape index (κ1) is 16.3. The van der Waals surface area contributed by atoms with E-state index in [4.69, 9.17) is 14.5 Å². The van der Waals surface area contributed by atoms with Gasteiger partial charge in [-0.25, -0.2) is 4.98 Å². The van der Waals surface area contributed by atoms with E-state index in [-0.39, 0.29) is 0 Å². The topological polar surface area (TPSA) is 84.8 Å². The highest BCUT2D eigenvalue weighted by molar-refractivity contribution is 5.53. The summed E-state index contributed by atoms with van der Waals surface area (Å²) in [5, 5.41) is 12.9. The first-order valence-corrected chi connectivity index (χ1v) is 8.71. The van der Waals surface area contributed by atoms with Crippen molar-refractivity contribution in [3.63, 3.8) is 0 Å². The molecule has 0 bridgehead atoms. The Bertz CT molecular complexity index is 906. The second kappa shape index (κ2) is 7.36. The summed E-state index contributed by atoms with van der Waals surface area (Å²) in [7, 11) is 0.